The smallest absolute Gasteiger partial charge is 0.292 e. The molecule has 7 nitrogen and oxygen atoms in total. The first kappa shape index (κ1) is 14.9. The van der Waals surface area contributed by atoms with Crippen molar-refractivity contribution in [2.75, 3.05) is 39.1 Å². The number of nitro benzene ring substituents is 1. The van der Waals surface area contributed by atoms with Crippen molar-refractivity contribution in [3.05, 3.63) is 33.9 Å². The van der Waals surface area contributed by atoms with E-state index in [1.807, 2.05) is 0 Å². The van der Waals surface area contributed by atoms with Crippen molar-refractivity contribution in [2.24, 2.45) is 5.73 Å². The normalized spacial score (nSPS) is 10.1. The van der Waals surface area contributed by atoms with Crippen molar-refractivity contribution in [1.82, 2.24) is 4.90 Å². The highest BCUT2D eigenvalue weighted by Crippen LogP contribution is 2.28. The monoisotopic (exact) mass is 266 g/mol. The second-order valence-electron chi connectivity index (χ2n) is 4.37. The summed E-state index contributed by atoms with van der Waals surface area (Å²) in [5.41, 5.74) is 6.22. The van der Waals surface area contributed by atoms with Crippen LogP contribution in [0.4, 0.5) is 11.4 Å². The predicted octanol–water partition coefficient (Wildman–Crippen LogP) is 0.691. The van der Waals surface area contributed by atoms with E-state index in [0.717, 1.165) is 0 Å². The van der Waals surface area contributed by atoms with Gasteiger partial charge in [-0.3, -0.25) is 14.9 Å². The summed E-state index contributed by atoms with van der Waals surface area (Å²) in [6, 6.07) is 4.33. The number of carbonyl (C=O) groups is 1. The van der Waals surface area contributed by atoms with Crippen molar-refractivity contribution in [2.45, 2.75) is 0 Å². The van der Waals surface area contributed by atoms with Crippen molar-refractivity contribution >= 4 is 17.3 Å². The third-order valence-electron chi connectivity index (χ3n) is 2.70. The van der Waals surface area contributed by atoms with Crippen LogP contribution in [0.3, 0.4) is 0 Å². The molecule has 2 N–H and O–H groups in total. The number of likely N-dealkylation sites (N-methyl/N-ethyl adjacent to an activating group) is 1. The van der Waals surface area contributed by atoms with E-state index >= 15 is 0 Å². The van der Waals surface area contributed by atoms with E-state index < -0.39 is 4.92 Å². The van der Waals surface area contributed by atoms with Gasteiger partial charge < -0.3 is 15.5 Å². The molecule has 0 aliphatic carbocycles. The molecule has 0 saturated carbocycles. The van der Waals surface area contributed by atoms with Gasteiger partial charge in [0.05, 0.1) is 4.92 Å². The number of rotatable bonds is 5. The minimum Gasteiger partial charge on any atom is -0.368 e. The molecule has 0 bridgehead atoms. The highest BCUT2D eigenvalue weighted by atomic mass is 16.6. The maximum absolute atomic E-state index is 11.9. The van der Waals surface area contributed by atoms with Gasteiger partial charge in [-0.25, -0.2) is 0 Å². The number of nitrogens with two attached hydrogens (primary N) is 1. The maximum atomic E-state index is 11.9. The Morgan fingerprint density at radius 2 is 2.00 bits per heavy atom. The Kier molecular flexibility index (Phi) is 4.82. The van der Waals surface area contributed by atoms with E-state index in [2.05, 4.69) is 0 Å². The van der Waals surface area contributed by atoms with Crippen LogP contribution in [0, 0.1) is 10.1 Å². The summed E-state index contributed by atoms with van der Waals surface area (Å²) in [7, 11) is 4.97. The van der Waals surface area contributed by atoms with Gasteiger partial charge >= 0.3 is 0 Å². The molecule has 1 aromatic rings. The number of nitro groups is 1. The van der Waals surface area contributed by atoms with Crippen molar-refractivity contribution in [3.63, 3.8) is 0 Å². The molecule has 0 radical (unpaired) electrons. The first-order valence-electron chi connectivity index (χ1n) is 5.79. The molecule has 1 amide bonds. The summed E-state index contributed by atoms with van der Waals surface area (Å²) in [6.07, 6.45) is 0. The van der Waals surface area contributed by atoms with E-state index in [-0.39, 0.29) is 11.6 Å². The van der Waals surface area contributed by atoms with Gasteiger partial charge in [0.2, 0.25) is 0 Å². The van der Waals surface area contributed by atoms with Gasteiger partial charge in [-0.15, -0.1) is 0 Å². The minimum atomic E-state index is -0.466. The number of anilines is 1. The van der Waals surface area contributed by atoms with Crippen molar-refractivity contribution in [1.29, 1.82) is 0 Å². The molecule has 0 fully saturated rings. The average Bonchev–Trinajstić information content (AvgIpc) is 2.37. The van der Waals surface area contributed by atoms with Crippen molar-refractivity contribution in [3.8, 4) is 0 Å². The molecule has 0 unspecified atom stereocenters. The number of amides is 1. The largest absolute Gasteiger partial charge is 0.368 e. The Morgan fingerprint density at radius 1 is 1.37 bits per heavy atom. The molecule has 19 heavy (non-hydrogen) atoms. The molecule has 1 aromatic carbocycles. The highest BCUT2D eigenvalue weighted by Gasteiger charge is 2.20. The van der Waals surface area contributed by atoms with Gasteiger partial charge in [-0.05, 0) is 12.1 Å². The fourth-order valence-corrected chi connectivity index (χ4v) is 1.69. The highest BCUT2D eigenvalue weighted by molar-refractivity contribution is 5.95. The van der Waals surface area contributed by atoms with Gasteiger partial charge in [0.15, 0.2) is 0 Å². The number of carbonyl (C=O) groups excluding carboxylic acids is 1. The number of benzene rings is 1. The van der Waals surface area contributed by atoms with E-state index in [9.17, 15) is 14.9 Å². The van der Waals surface area contributed by atoms with E-state index in [1.54, 1.807) is 26.0 Å². The lowest BCUT2D eigenvalue weighted by Crippen LogP contribution is -2.27. The average molecular weight is 266 g/mol. The Labute approximate surface area is 111 Å². The van der Waals surface area contributed by atoms with Gasteiger partial charge in [-0.1, -0.05) is 0 Å². The predicted molar refractivity (Wildman–Crippen MR) is 73.4 cm³/mol. The van der Waals surface area contributed by atoms with Crippen LogP contribution < -0.4 is 10.6 Å². The maximum Gasteiger partial charge on any atom is 0.292 e. The molecular weight excluding hydrogens is 248 g/mol. The van der Waals surface area contributed by atoms with Crippen LogP contribution in [0.1, 0.15) is 10.4 Å². The van der Waals surface area contributed by atoms with Gasteiger partial charge in [0.1, 0.15) is 5.69 Å². The van der Waals surface area contributed by atoms with Crippen LogP contribution in [0.15, 0.2) is 18.2 Å². The lowest BCUT2D eigenvalue weighted by molar-refractivity contribution is -0.384. The van der Waals surface area contributed by atoms with E-state index in [4.69, 9.17) is 5.73 Å². The molecule has 0 heterocycles. The van der Waals surface area contributed by atoms with E-state index in [0.29, 0.717) is 24.3 Å². The molecule has 7 heteroatoms. The minimum absolute atomic E-state index is 0.0359. The Hall–Kier alpha value is -2.15. The molecule has 104 valence electrons. The number of hydrogen-bond acceptors (Lipinski definition) is 5. The Balaban J connectivity index is 3.25. The SMILES string of the molecule is CN(C)C(=O)c1ccc([N+](=O)[O-])c(N(C)CCN)c1. The number of hydrogen-bond donors (Lipinski definition) is 1. The molecule has 0 aliphatic heterocycles. The van der Waals surface area contributed by atoms with Crippen LogP contribution in [-0.4, -0.2) is 50.0 Å². The second-order valence-corrected chi connectivity index (χ2v) is 4.37. The third-order valence-corrected chi connectivity index (χ3v) is 2.70. The number of nitrogens with zero attached hydrogens (tertiary/aromatic N) is 3. The zero-order chi connectivity index (χ0) is 14.6. The summed E-state index contributed by atoms with van der Waals surface area (Å²) in [4.78, 5) is 25.5. The van der Waals surface area contributed by atoms with Crippen LogP contribution in [0.2, 0.25) is 0 Å². The summed E-state index contributed by atoms with van der Waals surface area (Å²) < 4.78 is 0. The van der Waals surface area contributed by atoms with Crippen LogP contribution in [0.5, 0.6) is 0 Å². The van der Waals surface area contributed by atoms with E-state index in [1.165, 1.54) is 23.1 Å². The standard InChI is InChI=1S/C12H18N4O3/c1-14(2)12(17)9-4-5-10(16(18)19)11(8-9)15(3)7-6-13/h4-5,8H,6-7,13H2,1-3H3. The lowest BCUT2D eigenvalue weighted by atomic mass is 10.1. The first-order valence-corrected chi connectivity index (χ1v) is 5.79. The lowest BCUT2D eigenvalue weighted by Gasteiger charge is -2.19. The zero-order valence-corrected chi connectivity index (χ0v) is 11.3. The molecular formula is C12H18N4O3. The summed E-state index contributed by atoms with van der Waals surface area (Å²) >= 11 is 0. The summed E-state index contributed by atoms with van der Waals surface area (Å²) in [6.45, 7) is 0.847. The Bertz CT molecular complexity index is 488. The molecule has 0 aliphatic rings. The molecule has 0 spiro atoms. The first-order chi connectivity index (χ1) is 8.88. The fraction of sp³-hybridized carbons (Fsp3) is 0.417. The van der Waals surface area contributed by atoms with Gasteiger partial charge in [-0.2, -0.15) is 0 Å². The fourth-order valence-electron chi connectivity index (χ4n) is 1.69. The summed E-state index contributed by atoms with van der Waals surface area (Å²) in [5, 5.41) is 11.0. The third kappa shape index (κ3) is 3.41. The van der Waals surface area contributed by atoms with Crippen LogP contribution in [-0.2, 0) is 0 Å². The van der Waals surface area contributed by atoms with Crippen LogP contribution >= 0.6 is 0 Å². The molecule has 0 atom stereocenters. The second kappa shape index (κ2) is 6.14. The van der Waals surface area contributed by atoms with Gasteiger partial charge in [0.25, 0.3) is 11.6 Å². The topological polar surface area (TPSA) is 92.7 Å². The molecule has 1 rings (SSSR count). The molecule has 0 aromatic heterocycles. The van der Waals surface area contributed by atoms with Crippen LogP contribution in [0.25, 0.3) is 0 Å². The summed E-state index contributed by atoms with van der Waals surface area (Å²) in [5.74, 6) is -0.197. The zero-order valence-electron chi connectivity index (χ0n) is 11.3. The van der Waals surface area contributed by atoms with Crippen molar-refractivity contribution < 1.29 is 9.72 Å². The Morgan fingerprint density at radius 3 is 2.47 bits per heavy atom. The van der Waals surface area contributed by atoms with Gasteiger partial charge in [0, 0.05) is 45.9 Å². The quantitative estimate of drug-likeness (QED) is 0.625. The molecule has 0 saturated heterocycles.